The number of benzene rings is 1. The van der Waals surface area contributed by atoms with Gasteiger partial charge in [0.2, 0.25) is 0 Å². The van der Waals surface area contributed by atoms with E-state index in [0.717, 1.165) is 16.6 Å². The molecule has 0 saturated carbocycles. The average Bonchev–Trinajstić information content (AvgIpc) is 3.02. The summed E-state index contributed by atoms with van der Waals surface area (Å²) < 4.78 is 10.9. The number of fused-ring (bicyclic) bond motifs is 1. The largest absolute Gasteiger partial charge is 0.481 e. The van der Waals surface area contributed by atoms with Gasteiger partial charge in [0, 0.05) is 12.3 Å². The number of hydrogen-bond donors (Lipinski definition) is 1. The molecule has 1 aromatic carbocycles. The van der Waals surface area contributed by atoms with Gasteiger partial charge in [0.15, 0.2) is 6.61 Å². The molecule has 6 heteroatoms. The topological polar surface area (TPSA) is 83.8 Å². The van der Waals surface area contributed by atoms with Crippen LogP contribution in [-0.2, 0) is 0 Å². The molecule has 0 saturated heterocycles. The summed E-state index contributed by atoms with van der Waals surface area (Å²) in [7, 11) is 0. The van der Waals surface area contributed by atoms with Crippen molar-refractivity contribution in [2.24, 2.45) is 0 Å². The van der Waals surface area contributed by atoms with Gasteiger partial charge in [-0.25, -0.2) is 4.98 Å². The van der Waals surface area contributed by atoms with Crippen molar-refractivity contribution in [3.8, 4) is 41.3 Å². The molecule has 0 aliphatic carbocycles. The normalized spacial score (nSPS) is 10.0. The van der Waals surface area contributed by atoms with E-state index >= 15 is 0 Å². The molecule has 0 spiro atoms. The summed E-state index contributed by atoms with van der Waals surface area (Å²) in [5, 5.41) is 8.75. The molecular weight excluding hydrogens is 292 g/mol. The van der Waals surface area contributed by atoms with Gasteiger partial charge in [-0.2, -0.15) is 5.26 Å². The number of pyridine rings is 1. The van der Waals surface area contributed by atoms with Gasteiger partial charge < -0.3 is 14.5 Å². The van der Waals surface area contributed by atoms with Crippen LogP contribution in [0.1, 0.15) is 0 Å². The zero-order chi connectivity index (χ0) is 16.1. The SMILES string of the molecule is C#CCOc1ccc(-c2nc3cnccc3[nH]2)c(OCC#N)c1. The molecule has 0 fully saturated rings. The van der Waals surface area contributed by atoms with E-state index in [2.05, 4.69) is 20.9 Å². The number of ether oxygens (including phenoxy) is 2. The Morgan fingerprint density at radius 2 is 2.13 bits per heavy atom. The molecule has 0 bridgehead atoms. The van der Waals surface area contributed by atoms with Crippen LogP contribution < -0.4 is 9.47 Å². The number of imidazole rings is 1. The molecule has 0 aliphatic heterocycles. The monoisotopic (exact) mass is 304 g/mol. The van der Waals surface area contributed by atoms with Crippen molar-refractivity contribution in [2.45, 2.75) is 0 Å². The molecule has 1 N–H and O–H groups in total. The van der Waals surface area contributed by atoms with Crippen LogP contribution >= 0.6 is 0 Å². The Hall–Kier alpha value is -3.51. The van der Waals surface area contributed by atoms with Crippen LogP contribution in [0.15, 0.2) is 36.7 Å². The smallest absolute Gasteiger partial charge is 0.174 e. The fraction of sp³-hybridized carbons (Fsp3) is 0.118. The number of terminal acetylenes is 1. The molecule has 0 radical (unpaired) electrons. The fourth-order valence-electron chi connectivity index (χ4n) is 2.13. The first kappa shape index (κ1) is 14.4. The van der Waals surface area contributed by atoms with E-state index in [1.165, 1.54) is 0 Å². The highest BCUT2D eigenvalue weighted by molar-refractivity contribution is 5.80. The highest BCUT2D eigenvalue weighted by Crippen LogP contribution is 2.33. The quantitative estimate of drug-likeness (QED) is 0.732. The van der Waals surface area contributed by atoms with Gasteiger partial charge >= 0.3 is 0 Å². The molecule has 0 atom stereocenters. The molecule has 2 aromatic heterocycles. The third-order valence-corrected chi connectivity index (χ3v) is 3.11. The maximum Gasteiger partial charge on any atom is 0.174 e. The molecular formula is C17H12N4O2. The van der Waals surface area contributed by atoms with Gasteiger partial charge in [-0.1, -0.05) is 5.92 Å². The van der Waals surface area contributed by atoms with Crippen LogP contribution in [0.4, 0.5) is 0 Å². The van der Waals surface area contributed by atoms with Crippen LogP contribution in [0.5, 0.6) is 11.5 Å². The van der Waals surface area contributed by atoms with Crippen molar-refractivity contribution in [1.29, 1.82) is 5.26 Å². The highest BCUT2D eigenvalue weighted by atomic mass is 16.5. The summed E-state index contributed by atoms with van der Waals surface area (Å²) in [6, 6.07) is 9.06. The zero-order valence-electron chi connectivity index (χ0n) is 12.1. The maximum atomic E-state index is 8.75. The maximum absolute atomic E-state index is 8.75. The standard InChI is InChI=1S/C17H12N4O2/c1-2-8-22-12-3-4-13(16(10-12)23-9-6-18)17-20-14-5-7-19-11-15(14)21-17/h1,3-5,7,10-11H,8-9H2,(H,20,21). The molecule has 6 nitrogen and oxygen atoms in total. The summed E-state index contributed by atoms with van der Waals surface area (Å²) in [6.45, 7) is 0.0840. The molecule has 112 valence electrons. The van der Waals surface area contributed by atoms with Crippen molar-refractivity contribution in [3.05, 3.63) is 36.7 Å². The molecule has 2 heterocycles. The number of nitrogens with zero attached hydrogens (tertiary/aromatic N) is 3. The average molecular weight is 304 g/mol. The third-order valence-electron chi connectivity index (χ3n) is 3.11. The second kappa shape index (κ2) is 6.50. The lowest BCUT2D eigenvalue weighted by Gasteiger charge is -2.10. The van der Waals surface area contributed by atoms with Crippen LogP contribution in [0.2, 0.25) is 0 Å². The van der Waals surface area contributed by atoms with E-state index in [0.29, 0.717) is 17.3 Å². The minimum Gasteiger partial charge on any atom is -0.481 e. The molecule has 0 aliphatic rings. The lowest BCUT2D eigenvalue weighted by atomic mass is 10.2. The number of rotatable bonds is 5. The first-order valence-electron chi connectivity index (χ1n) is 6.82. The van der Waals surface area contributed by atoms with Crippen LogP contribution in [-0.4, -0.2) is 28.2 Å². The number of aromatic nitrogens is 3. The zero-order valence-corrected chi connectivity index (χ0v) is 12.1. The molecule has 0 unspecified atom stereocenters. The van der Waals surface area contributed by atoms with Gasteiger partial charge in [-0.15, -0.1) is 6.42 Å². The second-order valence-electron chi connectivity index (χ2n) is 4.58. The van der Waals surface area contributed by atoms with Crippen molar-refractivity contribution >= 4 is 11.0 Å². The first-order valence-corrected chi connectivity index (χ1v) is 6.82. The minimum absolute atomic E-state index is 0.0760. The van der Waals surface area contributed by atoms with E-state index in [9.17, 15) is 0 Å². The molecule has 3 rings (SSSR count). The minimum atomic E-state index is -0.0760. The Morgan fingerprint density at radius 3 is 2.91 bits per heavy atom. The van der Waals surface area contributed by atoms with Gasteiger partial charge in [0.1, 0.15) is 35.5 Å². The molecule has 23 heavy (non-hydrogen) atoms. The summed E-state index contributed by atoms with van der Waals surface area (Å²) in [5.74, 6) is 4.09. The first-order chi connectivity index (χ1) is 11.3. The third kappa shape index (κ3) is 3.07. The van der Waals surface area contributed by atoms with Crippen molar-refractivity contribution in [1.82, 2.24) is 15.0 Å². The highest BCUT2D eigenvalue weighted by Gasteiger charge is 2.12. The van der Waals surface area contributed by atoms with E-state index in [1.807, 2.05) is 18.2 Å². The Bertz CT molecular complexity index is 885. The van der Waals surface area contributed by atoms with E-state index < -0.39 is 0 Å². The molecule has 0 amide bonds. The fourth-order valence-corrected chi connectivity index (χ4v) is 2.13. The molecule has 3 aromatic rings. The van der Waals surface area contributed by atoms with Crippen LogP contribution in [0, 0.1) is 23.7 Å². The predicted molar refractivity (Wildman–Crippen MR) is 84.8 cm³/mol. The van der Waals surface area contributed by atoms with Gasteiger partial charge in [-0.3, -0.25) is 4.98 Å². The summed E-state index contributed by atoms with van der Waals surface area (Å²) >= 11 is 0. The van der Waals surface area contributed by atoms with E-state index in [-0.39, 0.29) is 13.2 Å². The number of hydrogen-bond acceptors (Lipinski definition) is 5. The number of aromatic amines is 1. The number of nitrogens with one attached hydrogen (secondary N) is 1. The Kier molecular flexibility index (Phi) is 4.08. The second-order valence-corrected chi connectivity index (χ2v) is 4.58. The van der Waals surface area contributed by atoms with Crippen molar-refractivity contribution < 1.29 is 9.47 Å². The number of H-pyrrole nitrogens is 1. The Labute approximate surface area is 132 Å². The predicted octanol–water partition coefficient (Wildman–Crippen LogP) is 2.54. The Balaban J connectivity index is 2.02. The summed E-state index contributed by atoms with van der Waals surface area (Å²) in [6.07, 6.45) is 8.55. The van der Waals surface area contributed by atoms with Crippen molar-refractivity contribution in [2.75, 3.05) is 13.2 Å². The van der Waals surface area contributed by atoms with Gasteiger partial charge in [-0.05, 0) is 18.2 Å². The summed E-state index contributed by atoms with van der Waals surface area (Å²) in [4.78, 5) is 11.7. The van der Waals surface area contributed by atoms with Crippen LogP contribution in [0.25, 0.3) is 22.4 Å². The lowest BCUT2D eigenvalue weighted by Crippen LogP contribution is -1.99. The van der Waals surface area contributed by atoms with E-state index in [1.54, 1.807) is 24.5 Å². The number of nitriles is 1. The van der Waals surface area contributed by atoms with Gasteiger partial charge in [0.05, 0.1) is 17.3 Å². The Morgan fingerprint density at radius 1 is 1.22 bits per heavy atom. The van der Waals surface area contributed by atoms with Gasteiger partial charge in [0.25, 0.3) is 0 Å². The lowest BCUT2D eigenvalue weighted by molar-refractivity contribution is 0.351. The van der Waals surface area contributed by atoms with Crippen molar-refractivity contribution in [3.63, 3.8) is 0 Å². The summed E-state index contributed by atoms with van der Waals surface area (Å²) in [5.41, 5.74) is 2.35. The van der Waals surface area contributed by atoms with E-state index in [4.69, 9.17) is 21.2 Å². The van der Waals surface area contributed by atoms with Crippen LogP contribution in [0.3, 0.4) is 0 Å².